The van der Waals surface area contributed by atoms with Gasteiger partial charge >= 0.3 is 0 Å². The van der Waals surface area contributed by atoms with E-state index in [9.17, 15) is 4.39 Å². The summed E-state index contributed by atoms with van der Waals surface area (Å²) in [5, 5.41) is 3.42. The molecule has 1 nitrogen and oxygen atoms in total. The fourth-order valence-corrected chi connectivity index (χ4v) is 3.30. The topological polar surface area (TPSA) is 12.0 Å². The Morgan fingerprint density at radius 1 is 1.10 bits per heavy atom. The van der Waals surface area contributed by atoms with Crippen molar-refractivity contribution in [2.24, 2.45) is 0 Å². The number of likely N-dealkylation sites (N-methyl/N-ethyl adjacent to an activating group) is 1. The van der Waals surface area contributed by atoms with Gasteiger partial charge in [0, 0.05) is 11.5 Å². The first kappa shape index (κ1) is 13.3. The lowest BCUT2D eigenvalue weighted by atomic mass is 9.82. The van der Waals surface area contributed by atoms with E-state index >= 15 is 0 Å². The zero-order valence-corrected chi connectivity index (χ0v) is 12.0. The van der Waals surface area contributed by atoms with E-state index in [2.05, 4.69) is 36.5 Å². The maximum atomic E-state index is 13.6. The van der Waals surface area contributed by atoms with Crippen LogP contribution >= 0.6 is 0 Å². The molecule has 20 heavy (non-hydrogen) atoms. The Morgan fingerprint density at radius 3 is 2.40 bits per heavy atom. The molecule has 3 rings (SSSR count). The smallest absolute Gasteiger partial charge is 0.123 e. The van der Waals surface area contributed by atoms with Gasteiger partial charge in [0.2, 0.25) is 0 Å². The SMILES string of the molecule is CNC(c1cc(F)ccc1C)C1(c2ccccc2)CC1. The van der Waals surface area contributed by atoms with Gasteiger partial charge < -0.3 is 5.32 Å². The van der Waals surface area contributed by atoms with Crippen molar-refractivity contribution >= 4 is 0 Å². The lowest BCUT2D eigenvalue weighted by Gasteiger charge is -2.29. The molecule has 1 atom stereocenters. The second-order valence-electron chi connectivity index (χ2n) is 5.74. The molecule has 1 unspecified atom stereocenters. The summed E-state index contributed by atoms with van der Waals surface area (Å²) in [5.74, 6) is -0.158. The van der Waals surface area contributed by atoms with Crippen LogP contribution in [0.4, 0.5) is 4.39 Å². The Hall–Kier alpha value is -1.67. The van der Waals surface area contributed by atoms with Gasteiger partial charge in [-0.3, -0.25) is 0 Å². The van der Waals surface area contributed by atoms with Crippen molar-refractivity contribution in [3.8, 4) is 0 Å². The standard InChI is InChI=1S/C18H20FN/c1-13-8-9-15(19)12-16(13)17(20-2)18(10-11-18)14-6-4-3-5-7-14/h3-9,12,17,20H,10-11H2,1-2H3. The minimum Gasteiger partial charge on any atom is -0.312 e. The first-order valence-corrected chi connectivity index (χ1v) is 7.16. The van der Waals surface area contributed by atoms with Crippen LogP contribution in [0.5, 0.6) is 0 Å². The summed E-state index contributed by atoms with van der Waals surface area (Å²) in [4.78, 5) is 0. The Labute approximate surface area is 119 Å². The molecule has 2 heteroatoms. The van der Waals surface area contributed by atoms with E-state index < -0.39 is 0 Å². The number of hydrogen-bond donors (Lipinski definition) is 1. The minimum atomic E-state index is -0.158. The van der Waals surface area contributed by atoms with E-state index in [1.165, 1.54) is 11.6 Å². The third-order valence-corrected chi connectivity index (χ3v) is 4.53. The van der Waals surface area contributed by atoms with Gasteiger partial charge in [-0.15, -0.1) is 0 Å². The Kier molecular flexibility index (Phi) is 3.35. The molecule has 2 aromatic rings. The third kappa shape index (κ3) is 2.14. The zero-order chi connectivity index (χ0) is 14.2. The number of rotatable bonds is 4. The van der Waals surface area contributed by atoms with Crippen LogP contribution in [0, 0.1) is 12.7 Å². The van der Waals surface area contributed by atoms with Crippen molar-refractivity contribution in [2.75, 3.05) is 7.05 Å². The fraction of sp³-hybridized carbons (Fsp3) is 0.333. The lowest BCUT2D eigenvalue weighted by Crippen LogP contribution is -2.30. The van der Waals surface area contributed by atoms with Crippen molar-refractivity contribution < 1.29 is 4.39 Å². The second kappa shape index (κ2) is 5.02. The first-order valence-electron chi connectivity index (χ1n) is 7.16. The molecule has 0 aliphatic heterocycles. The zero-order valence-electron chi connectivity index (χ0n) is 12.0. The Morgan fingerprint density at radius 2 is 1.80 bits per heavy atom. The van der Waals surface area contributed by atoms with Crippen molar-refractivity contribution in [1.29, 1.82) is 0 Å². The quantitative estimate of drug-likeness (QED) is 0.880. The first-order chi connectivity index (χ1) is 9.67. The van der Waals surface area contributed by atoms with E-state index in [0.717, 1.165) is 24.0 Å². The van der Waals surface area contributed by atoms with Crippen LogP contribution in [0.15, 0.2) is 48.5 Å². The third-order valence-electron chi connectivity index (χ3n) is 4.53. The van der Waals surface area contributed by atoms with Gasteiger partial charge in [-0.1, -0.05) is 36.4 Å². The summed E-state index contributed by atoms with van der Waals surface area (Å²) >= 11 is 0. The number of halogens is 1. The molecule has 1 fully saturated rings. The van der Waals surface area contributed by atoms with Gasteiger partial charge in [-0.25, -0.2) is 4.39 Å². The molecule has 0 amide bonds. The molecule has 1 aliphatic rings. The molecule has 0 saturated heterocycles. The monoisotopic (exact) mass is 269 g/mol. The summed E-state index contributed by atoms with van der Waals surface area (Å²) in [6, 6.07) is 15.8. The Bertz CT molecular complexity index is 602. The predicted molar refractivity (Wildman–Crippen MR) is 80.3 cm³/mol. The van der Waals surface area contributed by atoms with Crippen molar-refractivity contribution in [2.45, 2.75) is 31.2 Å². The largest absolute Gasteiger partial charge is 0.312 e. The van der Waals surface area contributed by atoms with Crippen molar-refractivity contribution in [3.05, 3.63) is 71.0 Å². The van der Waals surface area contributed by atoms with Crippen LogP contribution < -0.4 is 5.32 Å². The molecule has 0 bridgehead atoms. The average Bonchev–Trinajstić information content (AvgIpc) is 3.26. The van der Waals surface area contributed by atoms with Crippen molar-refractivity contribution in [3.63, 3.8) is 0 Å². The molecule has 1 aliphatic carbocycles. The van der Waals surface area contributed by atoms with Gasteiger partial charge in [0.25, 0.3) is 0 Å². The highest BCUT2D eigenvalue weighted by Crippen LogP contribution is 2.56. The predicted octanol–water partition coefficient (Wildman–Crippen LogP) is 4.13. The highest BCUT2D eigenvalue weighted by Gasteiger charge is 2.50. The van der Waals surface area contributed by atoms with Gasteiger partial charge in [0.15, 0.2) is 0 Å². The Balaban J connectivity index is 2.04. The molecule has 1 saturated carbocycles. The lowest BCUT2D eigenvalue weighted by molar-refractivity contribution is 0.458. The van der Waals surface area contributed by atoms with E-state index in [-0.39, 0.29) is 17.3 Å². The molecule has 0 radical (unpaired) electrons. The molecular weight excluding hydrogens is 249 g/mol. The highest BCUT2D eigenvalue weighted by atomic mass is 19.1. The molecule has 1 N–H and O–H groups in total. The average molecular weight is 269 g/mol. The van der Waals surface area contributed by atoms with Crippen LogP contribution in [0.2, 0.25) is 0 Å². The molecule has 2 aromatic carbocycles. The highest BCUT2D eigenvalue weighted by molar-refractivity contribution is 5.41. The molecular formula is C18H20FN. The molecule has 0 heterocycles. The maximum Gasteiger partial charge on any atom is 0.123 e. The number of nitrogens with one attached hydrogen (secondary N) is 1. The summed E-state index contributed by atoms with van der Waals surface area (Å²) < 4.78 is 13.6. The van der Waals surface area contributed by atoms with Crippen LogP contribution in [0.3, 0.4) is 0 Å². The normalized spacial score (nSPS) is 17.8. The van der Waals surface area contributed by atoms with Crippen LogP contribution in [0.25, 0.3) is 0 Å². The van der Waals surface area contributed by atoms with E-state index in [1.807, 2.05) is 19.2 Å². The van der Waals surface area contributed by atoms with Gasteiger partial charge in [0.05, 0.1) is 0 Å². The van der Waals surface area contributed by atoms with E-state index in [4.69, 9.17) is 0 Å². The van der Waals surface area contributed by atoms with Gasteiger partial charge in [-0.05, 0) is 55.6 Å². The van der Waals surface area contributed by atoms with Gasteiger partial charge in [-0.2, -0.15) is 0 Å². The molecule has 0 aromatic heterocycles. The minimum absolute atomic E-state index is 0.120. The summed E-state index contributed by atoms with van der Waals surface area (Å²) in [7, 11) is 1.97. The summed E-state index contributed by atoms with van der Waals surface area (Å²) in [6.07, 6.45) is 2.30. The van der Waals surface area contributed by atoms with Gasteiger partial charge in [0.1, 0.15) is 5.82 Å². The van der Waals surface area contributed by atoms with Crippen molar-refractivity contribution in [1.82, 2.24) is 5.32 Å². The number of benzene rings is 2. The van der Waals surface area contributed by atoms with Crippen LogP contribution in [-0.2, 0) is 5.41 Å². The van der Waals surface area contributed by atoms with Crippen LogP contribution in [0.1, 0.15) is 35.6 Å². The summed E-state index contributed by atoms with van der Waals surface area (Å²) in [6.45, 7) is 2.06. The second-order valence-corrected chi connectivity index (χ2v) is 5.74. The molecule has 0 spiro atoms. The van der Waals surface area contributed by atoms with E-state index in [1.54, 1.807) is 6.07 Å². The van der Waals surface area contributed by atoms with E-state index in [0.29, 0.717) is 0 Å². The van der Waals surface area contributed by atoms with Crippen LogP contribution in [-0.4, -0.2) is 7.05 Å². The number of hydrogen-bond acceptors (Lipinski definition) is 1. The maximum absolute atomic E-state index is 13.6. The molecule has 104 valence electrons. The number of aryl methyl sites for hydroxylation is 1. The summed E-state index contributed by atoms with van der Waals surface area (Å²) in [5.41, 5.74) is 3.69. The fourth-order valence-electron chi connectivity index (χ4n) is 3.30.